The molecule has 1 amide bonds. The van der Waals surface area contributed by atoms with Crippen LogP contribution in [0.2, 0.25) is 0 Å². The number of fused-ring (bicyclic) bond motifs is 1. The lowest BCUT2D eigenvalue weighted by atomic mass is 10.4. The number of carbonyl (C=O) groups is 1. The maximum absolute atomic E-state index is 11.7. The molecule has 1 aliphatic rings. The van der Waals surface area contributed by atoms with E-state index in [1.807, 2.05) is 4.90 Å². The molecule has 0 bridgehead atoms. The van der Waals surface area contributed by atoms with Gasteiger partial charge in [0.25, 0.3) is 5.56 Å². The van der Waals surface area contributed by atoms with E-state index in [1.54, 1.807) is 6.92 Å². The zero-order valence-electron chi connectivity index (χ0n) is 9.71. The zero-order chi connectivity index (χ0) is 12.7. The van der Waals surface area contributed by atoms with Crippen LogP contribution in [0.5, 0.6) is 0 Å². The van der Waals surface area contributed by atoms with Crippen molar-refractivity contribution in [3.8, 4) is 0 Å². The standard InChI is InChI=1S/C10H11N5O2S/c1-6-4-8(17)15-9(12-6)18-10(13-15)14-3-2-11-7(16)5-14/h4H,2-3,5H2,1H3,(H,11,16). The molecule has 8 heteroatoms. The van der Waals surface area contributed by atoms with Gasteiger partial charge in [-0.25, -0.2) is 4.98 Å². The number of rotatable bonds is 1. The molecule has 1 aliphatic heterocycles. The van der Waals surface area contributed by atoms with E-state index in [4.69, 9.17) is 0 Å². The second-order valence-electron chi connectivity index (χ2n) is 4.09. The van der Waals surface area contributed by atoms with Crippen LogP contribution in [0.4, 0.5) is 5.13 Å². The molecule has 0 atom stereocenters. The SMILES string of the molecule is Cc1cc(=O)n2nc(N3CCNC(=O)C3)sc2n1. The van der Waals surface area contributed by atoms with Gasteiger partial charge in [0.1, 0.15) is 0 Å². The molecular weight excluding hydrogens is 254 g/mol. The van der Waals surface area contributed by atoms with Crippen molar-refractivity contribution < 1.29 is 4.79 Å². The predicted molar refractivity (Wildman–Crippen MR) is 67.1 cm³/mol. The maximum Gasteiger partial charge on any atom is 0.275 e. The Hall–Kier alpha value is -1.96. The minimum Gasteiger partial charge on any atom is -0.353 e. The number of aryl methyl sites for hydroxylation is 1. The summed E-state index contributed by atoms with van der Waals surface area (Å²) in [4.78, 5) is 29.7. The van der Waals surface area contributed by atoms with E-state index in [-0.39, 0.29) is 18.0 Å². The van der Waals surface area contributed by atoms with Crippen molar-refractivity contribution in [2.75, 3.05) is 24.5 Å². The molecule has 7 nitrogen and oxygen atoms in total. The number of nitrogens with zero attached hydrogens (tertiary/aromatic N) is 4. The molecule has 1 saturated heterocycles. The molecule has 3 heterocycles. The van der Waals surface area contributed by atoms with Gasteiger partial charge in [0, 0.05) is 24.8 Å². The number of hydrogen-bond acceptors (Lipinski definition) is 6. The predicted octanol–water partition coefficient (Wildman–Crippen LogP) is -0.604. The van der Waals surface area contributed by atoms with Crippen molar-refractivity contribution in [3.05, 3.63) is 22.1 Å². The Morgan fingerprint density at radius 3 is 3.06 bits per heavy atom. The summed E-state index contributed by atoms with van der Waals surface area (Å²) in [6, 6.07) is 1.44. The Kier molecular flexibility index (Phi) is 2.51. The third kappa shape index (κ3) is 1.84. The smallest absolute Gasteiger partial charge is 0.275 e. The highest BCUT2D eigenvalue weighted by molar-refractivity contribution is 7.20. The lowest BCUT2D eigenvalue weighted by molar-refractivity contribution is -0.120. The van der Waals surface area contributed by atoms with Crippen LogP contribution in [0.25, 0.3) is 4.96 Å². The second-order valence-corrected chi connectivity index (χ2v) is 5.02. The monoisotopic (exact) mass is 265 g/mol. The summed E-state index contributed by atoms with van der Waals surface area (Å²) < 4.78 is 1.28. The van der Waals surface area contributed by atoms with Crippen LogP contribution in [0.15, 0.2) is 10.9 Å². The molecule has 94 valence electrons. The molecule has 0 aromatic carbocycles. The van der Waals surface area contributed by atoms with E-state index >= 15 is 0 Å². The van der Waals surface area contributed by atoms with Gasteiger partial charge in [0.05, 0.1) is 6.54 Å². The van der Waals surface area contributed by atoms with Gasteiger partial charge in [-0.05, 0) is 6.92 Å². The molecule has 0 radical (unpaired) electrons. The number of nitrogens with one attached hydrogen (secondary N) is 1. The van der Waals surface area contributed by atoms with Gasteiger partial charge < -0.3 is 10.2 Å². The molecule has 1 fully saturated rings. The van der Waals surface area contributed by atoms with Crippen LogP contribution < -0.4 is 15.8 Å². The summed E-state index contributed by atoms with van der Waals surface area (Å²) in [6.45, 7) is 3.33. The number of anilines is 1. The van der Waals surface area contributed by atoms with Crippen molar-refractivity contribution in [1.82, 2.24) is 19.9 Å². The van der Waals surface area contributed by atoms with Crippen LogP contribution in [-0.4, -0.2) is 40.1 Å². The Balaban J connectivity index is 2.05. The third-order valence-electron chi connectivity index (χ3n) is 2.67. The van der Waals surface area contributed by atoms with Crippen molar-refractivity contribution in [3.63, 3.8) is 0 Å². The Bertz CT molecular complexity index is 676. The van der Waals surface area contributed by atoms with Crippen molar-refractivity contribution >= 4 is 27.3 Å². The van der Waals surface area contributed by atoms with Gasteiger partial charge in [-0.2, -0.15) is 4.52 Å². The van der Waals surface area contributed by atoms with Crippen LogP contribution >= 0.6 is 11.3 Å². The van der Waals surface area contributed by atoms with Gasteiger partial charge in [-0.1, -0.05) is 11.3 Å². The fourth-order valence-electron chi connectivity index (χ4n) is 1.84. The van der Waals surface area contributed by atoms with E-state index < -0.39 is 0 Å². The lowest BCUT2D eigenvalue weighted by Gasteiger charge is -2.25. The molecule has 0 aliphatic carbocycles. The van der Waals surface area contributed by atoms with Crippen LogP contribution in [0, 0.1) is 6.92 Å². The fraction of sp³-hybridized carbons (Fsp3) is 0.400. The first-order valence-corrected chi connectivity index (χ1v) is 6.34. The number of amides is 1. The molecule has 18 heavy (non-hydrogen) atoms. The molecule has 0 unspecified atom stereocenters. The van der Waals surface area contributed by atoms with E-state index in [0.717, 1.165) is 0 Å². The summed E-state index contributed by atoms with van der Waals surface area (Å²) >= 11 is 1.32. The van der Waals surface area contributed by atoms with Gasteiger partial charge in [-0.15, -0.1) is 5.10 Å². The minimum absolute atomic E-state index is 0.0306. The molecule has 2 aromatic heterocycles. The van der Waals surface area contributed by atoms with E-state index in [2.05, 4.69) is 15.4 Å². The summed E-state index contributed by atoms with van der Waals surface area (Å²) in [5, 5.41) is 7.62. The summed E-state index contributed by atoms with van der Waals surface area (Å²) in [5.74, 6) is -0.0306. The topological polar surface area (TPSA) is 79.6 Å². The van der Waals surface area contributed by atoms with Crippen LogP contribution in [-0.2, 0) is 4.79 Å². The van der Waals surface area contributed by atoms with Gasteiger partial charge in [-0.3, -0.25) is 9.59 Å². The first kappa shape index (κ1) is 11.1. The molecule has 0 spiro atoms. The molecule has 1 N–H and O–H groups in total. The third-order valence-corrected chi connectivity index (χ3v) is 3.64. The highest BCUT2D eigenvalue weighted by atomic mass is 32.1. The second kappa shape index (κ2) is 4.05. The van der Waals surface area contributed by atoms with Crippen molar-refractivity contribution in [1.29, 1.82) is 0 Å². The average Bonchev–Trinajstić information content (AvgIpc) is 2.73. The van der Waals surface area contributed by atoms with Crippen LogP contribution in [0.3, 0.4) is 0 Å². The zero-order valence-corrected chi connectivity index (χ0v) is 10.5. The molecule has 2 aromatic rings. The largest absolute Gasteiger partial charge is 0.353 e. The summed E-state index contributed by atoms with van der Waals surface area (Å²) in [6.07, 6.45) is 0. The Morgan fingerprint density at radius 2 is 2.28 bits per heavy atom. The van der Waals surface area contributed by atoms with E-state index in [9.17, 15) is 9.59 Å². The normalized spacial score (nSPS) is 16.1. The highest BCUT2D eigenvalue weighted by Crippen LogP contribution is 2.21. The average molecular weight is 265 g/mol. The minimum atomic E-state index is -0.193. The van der Waals surface area contributed by atoms with Gasteiger partial charge in [0.2, 0.25) is 16.0 Å². The Labute approximate surface area is 106 Å². The maximum atomic E-state index is 11.7. The fourth-order valence-corrected chi connectivity index (χ4v) is 2.82. The highest BCUT2D eigenvalue weighted by Gasteiger charge is 2.20. The summed E-state index contributed by atoms with van der Waals surface area (Å²) in [5.41, 5.74) is 0.480. The number of hydrogen-bond donors (Lipinski definition) is 1. The van der Waals surface area contributed by atoms with Gasteiger partial charge in [0.15, 0.2) is 0 Å². The molecular formula is C10H11N5O2S. The Morgan fingerprint density at radius 1 is 1.44 bits per heavy atom. The molecule has 0 saturated carbocycles. The number of aromatic nitrogens is 3. The van der Waals surface area contributed by atoms with Crippen molar-refractivity contribution in [2.24, 2.45) is 0 Å². The van der Waals surface area contributed by atoms with Crippen LogP contribution in [0.1, 0.15) is 5.69 Å². The first-order valence-electron chi connectivity index (χ1n) is 5.53. The van der Waals surface area contributed by atoms with Crippen molar-refractivity contribution in [2.45, 2.75) is 6.92 Å². The first-order chi connectivity index (χ1) is 8.63. The number of carbonyl (C=O) groups excluding carboxylic acids is 1. The lowest BCUT2D eigenvalue weighted by Crippen LogP contribution is -2.47. The number of piperazine rings is 1. The van der Waals surface area contributed by atoms with Gasteiger partial charge >= 0.3 is 0 Å². The quantitative estimate of drug-likeness (QED) is 0.744. The summed E-state index contributed by atoms with van der Waals surface area (Å²) in [7, 11) is 0. The van der Waals surface area contributed by atoms with E-state index in [0.29, 0.717) is 28.9 Å². The van der Waals surface area contributed by atoms with E-state index in [1.165, 1.54) is 21.9 Å². The molecule has 3 rings (SSSR count).